The average Bonchev–Trinajstić information content (AvgIpc) is 2.65. The molecule has 0 fully saturated rings. The zero-order chi connectivity index (χ0) is 17.8. The van der Waals surface area contributed by atoms with Gasteiger partial charge in [-0.1, -0.05) is 44.2 Å². The first-order valence-electron chi connectivity index (χ1n) is 8.51. The Morgan fingerprint density at radius 2 is 1.92 bits per heavy atom. The molecular weight excluding hydrogens is 316 g/mol. The number of anilines is 2. The van der Waals surface area contributed by atoms with Crippen LogP contribution < -0.4 is 15.0 Å². The van der Waals surface area contributed by atoms with Gasteiger partial charge < -0.3 is 10.1 Å². The summed E-state index contributed by atoms with van der Waals surface area (Å²) in [7, 11) is 0. The SMILES string of the molecule is CCC(C)c1ccccc1OCC(=O)N1CC(=O)Nc2ccccc21. The maximum absolute atomic E-state index is 12.7. The zero-order valence-corrected chi connectivity index (χ0v) is 14.5. The number of nitrogens with one attached hydrogen (secondary N) is 1. The van der Waals surface area contributed by atoms with Crippen LogP contribution >= 0.6 is 0 Å². The van der Waals surface area contributed by atoms with Crippen molar-refractivity contribution in [1.29, 1.82) is 0 Å². The van der Waals surface area contributed by atoms with Gasteiger partial charge in [0.25, 0.3) is 5.91 Å². The number of fused-ring (bicyclic) bond motifs is 1. The van der Waals surface area contributed by atoms with E-state index in [0.29, 0.717) is 17.3 Å². The van der Waals surface area contributed by atoms with Crippen molar-refractivity contribution in [3.05, 3.63) is 54.1 Å². The summed E-state index contributed by atoms with van der Waals surface area (Å²) in [5.41, 5.74) is 2.44. The third-order valence-electron chi connectivity index (χ3n) is 4.49. The Balaban J connectivity index is 1.75. The molecule has 0 radical (unpaired) electrons. The van der Waals surface area contributed by atoms with Crippen molar-refractivity contribution in [2.75, 3.05) is 23.4 Å². The molecule has 1 unspecified atom stereocenters. The number of benzene rings is 2. The summed E-state index contributed by atoms with van der Waals surface area (Å²) in [4.78, 5) is 26.0. The molecule has 2 amide bonds. The van der Waals surface area contributed by atoms with E-state index in [1.165, 1.54) is 4.90 Å². The number of nitrogens with zero attached hydrogens (tertiary/aromatic N) is 1. The van der Waals surface area contributed by atoms with E-state index >= 15 is 0 Å². The summed E-state index contributed by atoms with van der Waals surface area (Å²) in [6.45, 7) is 4.16. The van der Waals surface area contributed by atoms with Gasteiger partial charge in [0, 0.05) is 0 Å². The van der Waals surface area contributed by atoms with Gasteiger partial charge >= 0.3 is 0 Å². The van der Waals surface area contributed by atoms with Crippen LogP contribution in [0.15, 0.2) is 48.5 Å². The van der Waals surface area contributed by atoms with E-state index in [1.54, 1.807) is 6.07 Å². The Hall–Kier alpha value is -2.82. The van der Waals surface area contributed by atoms with E-state index in [-0.39, 0.29) is 25.0 Å². The highest BCUT2D eigenvalue weighted by Gasteiger charge is 2.27. The summed E-state index contributed by atoms with van der Waals surface area (Å²) >= 11 is 0. The minimum absolute atomic E-state index is 0.00617. The quantitative estimate of drug-likeness (QED) is 0.907. The lowest BCUT2D eigenvalue weighted by atomic mass is 9.98. The molecule has 1 aliphatic heterocycles. The van der Waals surface area contributed by atoms with Crippen LogP contribution in [-0.4, -0.2) is 25.0 Å². The molecule has 2 aromatic rings. The number of hydrogen-bond acceptors (Lipinski definition) is 3. The predicted molar refractivity (Wildman–Crippen MR) is 98.1 cm³/mol. The number of amides is 2. The Morgan fingerprint density at radius 3 is 2.72 bits per heavy atom. The standard InChI is InChI=1S/C20H22N2O3/c1-3-14(2)15-8-4-7-11-18(15)25-13-20(24)22-12-19(23)21-16-9-5-6-10-17(16)22/h4-11,14H,3,12-13H2,1-2H3,(H,21,23). The molecule has 130 valence electrons. The summed E-state index contributed by atoms with van der Waals surface area (Å²) in [5.74, 6) is 0.640. The van der Waals surface area contributed by atoms with Gasteiger partial charge in [-0.05, 0) is 36.1 Å². The number of para-hydroxylation sites is 3. The van der Waals surface area contributed by atoms with Crippen LogP contribution in [-0.2, 0) is 9.59 Å². The zero-order valence-electron chi connectivity index (χ0n) is 14.5. The van der Waals surface area contributed by atoms with E-state index in [0.717, 1.165) is 17.7 Å². The van der Waals surface area contributed by atoms with E-state index in [4.69, 9.17) is 4.74 Å². The highest BCUT2D eigenvalue weighted by atomic mass is 16.5. The number of rotatable bonds is 5. The van der Waals surface area contributed by atoms with Gasteiger partial charge in [0.05, 0.1) is 11.4 Å². The molecule has 1 atom stereocenters. The van der Waals surface area contributed by atoms with E-state index in [2.05, 4.69) is 19.2 Å². The van der Waals surface area contributed by atoms with Gasteiger partial charge in [-0.25, -0.2) is 0 Å². The molecule has 0 saturated heterocycles. The normalized spacial score (nSPS) is 14.5. The van der Waals surface area contributed by atoms with Crippen LogP contribution in [0.2, 0.25) is 0 Å². The molecule has 0 spiro atoms. The van der Waals surface area contributed by atoms with Crippen molar-refractivity contribution in [3.8, 4) is 5.75 Å². The van der Waals surface area contributed by atoms with Crippen LogP contribution in [0.4, 0.5) is 11.4 Å². The number of carbonyl (C=O) groups excluding carboxylic acids is 2. The van der Waals surface area contributed by atoms with Gasteiger partial charge in [-0.3, -0.25) is 14.5 Å². The van der Waals surface area contributed by atoms with Crippen molar-refractivity contribution in [2.45, 2.75) is 26.2 Å². The second kappa shape index (κ2) is 7.38. The molecule has 2 aromatic carbocycles. The maximum atomic E-state index is 12.7. The molecule has 0 aliphatic carbocycles. The minimum atomic E-state index is -0.235. The van der Waals surface area contributed by atoms with Gasteiger partial charge in [0.1, 0.15) is 12.3 Å². The van der Waals surface area contributed by atoms with Crippen molar-refractivity contribution in [3.63, 3.8) is 0 Å². The van der Waals surface area contributed by atoms with Crippen molar-refractivity contribution < 1.29 is 14.3 Å². The first-order chi connectivity index (χ1) is 12.1. The molecule has 1 heterocycles. The molecule has 5 heteroatoms. The van der Waals surface area contributed by atoms with Crippen LogP contribution in [0.3, 0.4) is 0 Å². The van der Waals surface area contributed by atoms with Crippen LogP contribution in [0.1, 0.15) is 31.7 Å². The fourth-order valence-corrected chi connectivity index (χ4v) is 2.91. The number of ether oxygens (including phenoxy) is 1. The predicted octanol–water partition coefficient (Wildman–Crippen LogP) is 3.56. The smallest absolute Gasteiger partial charge is 0.265 e. The Labute approximate surface area is 147 Å². The van der Waals surface area contributed by atoms with Crippen LogP contribution in [0, 0.1) is 0 Å². The van der Waals surface area contributed by atoms with Gasteiger partial charge in [0.2, 0.25) is 5.91 Å². The highest BCUT2D eigenvalue weighted by molar-refractivity contribution is 6.10. The molecule has 1 aliphatic rings. The van der Waals surface area contributed by atoms with E-state index < -0.39 is 0 Å². The summed E-state index contributed by atoms with van der Waals surface area (Å²) in [6, 6.07) is 15.0. The second-order valence-corrected chi connectivity index (χ2v) is 6.18. The molecule has 3 rings (SSSR count). The third-order valence-corrected chi connectivity index (χ3v) is 4.49. The topological polar surface area (TPSA) is 58.6 Å². The van der Waals surface area contributed by atoms with Crippen molar-refractivity contribution in [1.82, 2.24) is 0 Å². The number of carbonyl (C=O) groups is 2. The number of hydrogen-bond donors (Lipinski definition) is 1. The molecule has 0 aromatic heterocycles. The van der Waals surface area contributed by atoms with E-state index in [9.17, 15) is 9.59 Å². The largest absolute Gasteiger partial charge is 0.483 e. The summed E-state index contributed by atoms with van der Waals surface area (Å²) < 4.78 is 5.80. The fraction of sp³-hybridized carbons (Fsp3) is 0.300. The molecule has 0 bridgehead atoms. The highest BCUT2D eigenvalue weighted by Crippen LogP contribution is 2.30. The van der Waals surface area contributed by atoms with Crippen LogP contribution in [0.5, 0.6) is 5.75 Å². The fourth-order valence-electron chi connectivity index (χ4n) is 2.91. The Kier molecular flexibility index (Phi) is 5.03. The van der Waals surface area contributed by atoms with Crippen LogP contribution in [0.25, 0.3) is 0 Å². The molecule has 1 N–H and O–H groups in total. The molecule has 5 nitrogen and oxygen atoms in total. The average molecular weight is 338 g/mol. The van der Waals surface area contributed by atoms with Gasteiger partial charge in [0.15, 0.2) is 6.61 Å². The van der Waals surface area contributed by atoms with Crippen molar-refractivity contribution >= 4 is 23.2 Å². The minimum Gasteiger partial charge on any atom is -0.483 e. The summed E-state index contributed by atoms with van der Waals surface area (Å²) in [5, 5.41) is 2.78. The lowest BCUT2D eigenvalue weighted by Gasteiger charge is -2.29. The second-order valence-electron chi connectivity index (χ2n) is 6.18. The maximum Gasteiger partial charge on any atom is 0.265 e. The molecule has 25 heavy (non-hydrogen) atoms. The Morgan fingerprint density at radius 1 is 1.20 bits per heavy atom. The monoisotopic (exact) mass is 338 g/mol. The summed E-state index contributed by atoms with van der Waals surface area (Å²) in [6.07, 6.45) is 0.994. The Bertz CT molecular complexity index is 788. The third kappa shape index (κ3) is 3.65. The van der Waals surface area contributed by atoms with Gasteiger partial charge in [-0.2, -0.15) is 0 Å². The first kappa shape index (κ1) is 17.0. The lowest BCUT2D eigenvalue weighted by molar-refractivity contribution is -0.123. The molecular formula is C20H22N2O3. The van der Waals surface area contributed by atoms with Crippen molar-refractivity contribution in [2.24, 2.45) is 0 Å². The molecule has 0 saturated carbocycles. The van der Waals surface area contributed by atoms with Gasteiger partial charge in [-0.15, -0.1) is 0 Å². The first-order valence-corrected chi connectivity index (χ1v) is 8.51. The lowest BCUT2D eigenvalue weighted by Crippen LogP contribution is -2.44. The van der Waals surface area contributed by atoms with E-state index in [1.807, 2.05) is 42.5 Å².